The zero-order valence-corrected chi connectivity index (χ0v) is 20.3. The Morgan fingerprint density at radius 1 is 1.11 bits per heavy atom. The Balaban J connectivity index is 1.44. The fraction of sp³-hybridized carbons (Fsp3) is 0.444. The van der Waals surface area contributed by atoms with Gasteiger partial charge in [-0.15, -0.1) is 0 Å². The number of ether oxygens (including phenoxy) is 2. The van der Waals surface area contributed by atoms with Crippen molar-refractivity contribution < 1.29 is 29.0 Å². The summed E-state index contributed by atoms with van der Waals surface area (Å²) >= 11 is 0. The van der Waals surface area contributed by atoms with Gasteiger partial charge in [-0.3, -0.25) is 4.79 Å². The highest BCUT2D eigenvalue weighted by molar-refractivity contribution is 5.88. The lowest BCUT2D eigenvalue weighted by molar-refractivity contribution is -0.161. The minimum absolute atomic E-state index is 0.0586. The van der Waals surface area contributed by atoms with E-state index in [9.17, 15) is 19.5 Å². The van der Waals surface area contributed by atoms with Crippen LogP contribution in [0, 0.1) is 5.92 Å². The quantitative estimate of drug-likeness (QED) is 0.598. The molecule has 2 amide bonds. The largest absolute Gasteiger partial charge is 0.479 e. The van der Waals surface area contributed by atoms with Gasteiger partial charge in [0.2, 0.25) is 5.91 Å². The summed E-state index contributed by atoms with van der Waals surface area (Å²) in [6.45, 7) is 4.15. The third-order valence-corrected chi connectivity index (χ3v) is 7.42. The summed E-state index contributed by atoms with van der Waals surface area (Å²) in [4.78, 5) is 39.3. The second kappa shape index (κ2) is 10.1. The van der Waals surface area contributed by atoms with Crippen LogP contribution in [0.3, 0.4) is 0 Å². The summed E-state index contributed by atoms with van der Waals surface area (Å²) in [6.07, 6.45) is 0.186. The van der Waals surface area contributed by atoms with Crippen molar-refractivity contribution in [2.75, 3.05) is 26.8 Å². The van der Waals surface area contributed by atoms with Gasteiger partial charge in [0.1, 0.15) is 12.6 Å². The van der Waals surface area contributed by atoms with Crippen LogP contribution >= 0.6 is 0 Å². The number of amides is 2. The number of carbonyl (C=O) groups is 3. The van der Waals surface area contributed by atoms with Gasteiger partial charge in [-0.2, -0.15) is 0 Å². The maximum Gasteiger partial charge on any atom is 0.407 e. The number of rotatable bonds is 8. The molecule has 0 aromatic heterocycles. The summed E-state index contributed by atoms with van der Waals surface area (Å²) in [6, 6.07) is 15.3. The molecule has 1 fully saturated rings. The summed E-state index contributed by atoms with van der Waals surface area (Å²) in [5, 5.41) is 12.3. The molecule has 2 aromatic rings. The number of aliphatic carboxylic acids is 1. The first-order valence-electron chi connectivity index (χ1n) is 12.0. The fourth-order valence-corrected chi connectivity index (χ4v) is 5.05. The Labute approximate surface area is 205 Å². The molecule has 0 bridgehead atoms. The van der Waals surface area contributed by atoms with Crippen molar-refractivity contribution in [3.8, 4) is 11.1 Å². The van der Waals surface area contributed by atoms with E-state index in [1.54, 1.807) is 0 Å². The Morgan fingerprint density at radius 3 is 2.23 bits per heavy atom. The lowest BCUT2D eigenvalue weighted by atomic mass is 9.97. The van der Waals surface area contributed by atoms with Gasteiger partial charge in [-0.25, -0.2) is 9.59 Å². The third-order valence-electron chi connectivity index (χ3n) is 7.42. The smallest absolute Gasteiger partial charge is 0.407 e. The molecule has 3 atom stereocenters. The summed E-state index contributed by atoms with van der Waals surface area (Å²) in [5.74, 6) is -1.67. The summed E-state index contributed by atoms with van der Waals surface area (Å²) < 4.78 is 10.9. The molecule has 2 aliphatic rings. The molecule has 8 heteroatoms. The predicted octanol–water partition coefficient (Wildman–Crippen LogP) is 3.64. The van der Waals surface area contributed by atoms with E-state index in [1.165, 1.54) is 12.0 Å². The van der Waals surface area contributed by atoms with Crippen molar-refractivity contribution in [3.63, 3.8) is 0 Å². The topological polar surface area (TPSA) is 105 Å². The summed E-state index contributed by atoms with van der Waals surface area (Å²) in [5.41, 5.74) is 3.08. The molecule has 1 heterocycles. The van der Waals surface area contributed by atoms with Gasteiger partial charge in [-0.05, 0) is 28.2 Å². The van der Waals surface area contributed by atoms with Crippen LogP contribution in [-0.2, 0) is 19.1 Å². The molecule has 1 aliphatic carbocycles. The zero-order valence-electron chi connectivity index (χ0n) is 20.3. The average Bonchev–Trinajstić information content (AvgIpc) is 3.46. The first-order valence-corrected chi connectivity index (χ1v) is 12.0. The number of carboxylic acid groups (broad SMARTS) is 1. The van der Waals surface area contributed by atoms with E-state index in [-0.39, 0.29) is 43.9 Å². The molecule has 0 saturated carbocycles. The molecule has 1 aliphatic heterocycles. The van der Waals surface area contributed by atoms with Crippen molar-refractivity contribution in [3.05, 3.63) is 59.7 Å². The Kier molecular flexibility index (Phi) is 7.12. The molecule has 35 heavy (non-hydrogen) atoms. The Bertz CT molecular complexity index is 1070. The number of likely N-dealkylation sites (tertiary alicyclic amines) is 1. The van der Waals surface area contributed by atoms with E-state index in [4.69, 9.17) is 9.47 Å². The van der Waals surface area contributed by atoms with Gasteiger partial charge in [-0.1, -0.05) is 68.8 Å². The van der Waals surface area contributed by atoms with E-state index < -0.39 is 23.7 Å². The molecule has 8 nitrogen and oxygen atoms in total. The Morgan fingerprint density at radius 2 is 1.71 bits per heavy atom. The lowest BCUT2D eigenvalue weighted by Gasteiger charge is -2.29. The molecule has 0 radical (unpaired) electrons. The molecular weight excluding hydrogens is 448 g/mol. The maximum absolute atomic E-state index is 13.3. The number of hydrogen-bond donors (Lipinski definition) is 2. The second-order valence-corrected chi connectivity index (χ2v) is 9.35. The standard InChI is InChI=1S/C27H32N2O6/c1-4-17(2)23(24(30)29-14-13-27(16-29,34-3)25(31)32)28-26(33)35-15-22-20-11-7-5-9-18(20)19-10-6-8-12-21(19)22/h5-12,17,22-23H,4,13-16H2,1-3H3,(H,28,33)(H,31,32)/t17-,23-,27?/m0/s1. The number of alkyl carbamates (subject to hydrolysis) is 1. The number of benzene rings is 2. The van der Waals surface area contributed by atoms with Crippen molar-refractivity contribution in [2.24, 2.45) is 5.92 Å². The van der Waals surface area contributed by atoms with Gasteiger partial charge in [0.15, 0.2) is 5.60 Å². The first kappa shape index (κ1) is 24.7. The van der Waals surface area contributed by atoms with E-state index in [1.807, 2.05) is 50.2 Å². The van der Waals surface area contributed by atoms with Crippen LogP contribution in [0.5, 0.6) is 0 Å². The van der Waals surface area contributed by atoms with Gasteiger partial charge in [0, 0.05) is 26.0 Å². The monoisotopic (exact) mass is 480 g/mol. The molecule has 1 unspecified atom stereocenters. The predicted molar refractivity (Wildman–Crippen MR) is 130 cm³/mol. The molecule has 4 rings (SSSR count). The number of nitrogens with zero attached hydrogens (tertiary/aromatic N) is 1. The highest BCUT2D eigenvalue weighted by Gasteiger charge is 2.48. The van der Waals surface area contributed by atoms with Crippen LogP contribution in [-0.4, -0.2) is 66.4 Å². The minimum Gasteiger partial charge on any atom is -0.479 e. The SMILES string of the molecule is CC[C@H](C)[C@H](NC(=O)OCC1c2ccccc2-c2ccccc21)C(=O)N1CCC(OC)(C(=O)O)C1. The van der Waals surface area contributed by atoms with Crippen molar-refractivity contribution in [2.45, 2.75) is 44.2 Å². The van der Waals surface area contributed by atoms with Crippen LogP contribution in [0.2, 0.25) is 0 Å². The number of nitrogens with one attached hydrogen (secondary N) is 1. The molecule has 0 spiro atoms. The third kappa shape index (κ3) is 4.62. The molecular formula is C27H32N2O6. The van der Waals surface area contributed by atoms with Crippen molar-refractivity contribution in [1.82, 2.24) is 10.2 Å². The van der Waals surface area contributed by atoms with Crippen LogP contribution < -0.4 is 5.32 Å². The molecule has 186 valence electrons. The molecule has 1 saturated heterocycles. The number of hydrogen-bond acceptors (Lipinski definition) is 5. The van der Waals surface area contributed by atoms with Crippen LogP contribution in [0.4, 0.5) is 4.79 Å². The minimum atomic E-state index is -1.42. The van der Waals surface area contributed by atoms with Crippen molar-refractivity contribution >= 4 is 18.0 Å². The number of fused-ring (bicyclic) bond motifs is 3. The van der Waals surface area contributed by atoms with Gasteiger partial charge in [0.25, 0.3) is 0 Å². The molecule has 2 N–H and O–H groups in total. The highest BCUT2D eigenvalue weighted by Crippen LogP contribution is 2.44. The zero-order chi connectivity index (χ0) is 25.2. The van der Waals surface area contributed by atoms with E-state index >= 15 is 0 Å². The number of carbonyl (C=O) groups excluding carboxylic acids is 2. The first-order chi connectivity index (χ1) is 16.8. The highest BCUT2D eigenvalue weighted by atomic mass is 16.5. The van der Waals surface area contributed by atoms with Gasteiger partial charge >= 0.3 is 12.1 Å². The second-order valence-electron chi connectivity index (χ2n) is 9.35. The maximum atomic E-state index is 13.3. The van der Waals surface area contributed by atoms with Crippen LogP contribution in [0.15, 0.2) is 48.5 Å². The number of carboxylic acids is 1. The Hall–Kier alpha value is -3.39. The van der Waals surface area contributed by atoms with Gasteiger partial charge < -0.3 is 24.8 Å². The normalized spacial score (nSPS) is 20.6. The molecule has 2 aromatic carbocycles. The van der Waals surface area contributed by atoms with E-state index in [2.05, 4.69) is 17.4 Å². The van der Waals surface area contributed by atoms with Gasteiger partial charge in [0.05, 0.1) is 6.54 Å². The summed E-state index contributed by atoms with van der Waals surface area (Å²) in [7, 11) is 1.34. The average molecular weight is 481 g/mol. The van der Waals surface area contributed by atoms with Crippen molar-refractivity contribution in [1.29, 1.82) is 0 Å². The van der Waals surface area contributed by atoms with Crippen LogP contribution in [0.25, 0.3) is 11.1 Å². The van der Waals surface area contributed by atoms with E-state index in [0.29, 0.717) is 6.42 Å². The fourth-order valence-electron chi connectivity index (χ4n) is 5.05. The number of methoxy groups -OCH3 is 1. The lowest BCUT2D eigenvalue weighted by Crippen LogP contribution is -2.53. The van der Waals surface area contributed by atoms with Crippen LogP contribution in [0.1, 0.15) is 43.7 Å². The van der Waals surface area contributed by atoms with E-state index in [0.717, 1.165) is 22.3 Å².